The molecule has 1 heterocycles. The van der Waals surface area contributed by atoms with Gasteiger partial charge in [-0.15, -0.1) is 0 Å². The van der Waals surface area contributed by atoms with E-state index in [1.54, 1.807) is 0 Å². The molecule has 0 spiro atoms. The van der Waals surface area contributed by atoms with Crippen molar-refractivity contribution in [3.63, 3.8) is 0 Å². The molecular weight excluding hydrogens is 238 g/mol. The average molecular weight is 259 g/mol. The lowest BCUT2D eigenvalue weighted by Gasteiger charge is -2.16. The van der Waals surface area contributed by atoms with Gasteiger partial charge in [0, 0.05) is 26.0 Å². The number of imidazole rings is 1. The second-order valence-corrected chi connectivity index (χ2v) is 4.70. The Kier molecular flexibility index (Phi) is 4.58. The van der Waals surface area contributed by atoms with Crippen molar-refractivity contribution in [3.05, 3.63) is 48.0 Å². The van der Waals surface area contributed by atoms with E-state index in [1.165, 1.54) is 5.56 Å². The van der Waals surface area contributed by atoms with Gasteiger partial charge in [-0.25, -0.2) is 4.98 Å². The van der Waals surface area contributed by atoms with Gasteiger partial charge in [0.25, 0.3) is 0 Å². The smallest absolute Gasteiger partial charge is 0.122 e. The lowest BCUT2D eigenvalue weighted by molar-refractivity contribution is 0.306. The van der Waals surface area contributed by atoms with Crippen molar-refractivity contribution in [1.82, 2.24) is 14.5 Å². The van der Waals surface area contributed by atoms with Gasteiger partial charge in [0.2, 0.25) is 0 Å². The highest BCUT2D eigenvalue weighted by Crippen LogP contribution is 2.13. The highest BCUT2D eigenvalue weighted by atomic mass is 16.5. The van der Waals surface area contributed by atoms with Crippen LogP contribution in [0, 0.1) is 0 Å². The SMILES string of the molecule is CCOc1ccc(CN(C)Cc2nccn2C)cc1. The largest absolute Gasteiger partial charge is 0.494 e. The first-order valence-electron chi connectivity index (χ1n) is 6.55. The van der Waals surface area contributed by atoms with E-state index in [2.05, 4.69) is 33.6 Å². The average Bonchev–Trinajstić information content (AvgIpc) is 2.78. The van der Waals surface area contributed by atoms with Crippen molar-refractivity contribution in [2.75, 3.05) is 13.7 Å². The molecule has 0 bridgehead atoms. The van der Waals surface area contributed by atoms with Crippen LogP contribution in [0.2, 0.25) is 0 Å². The molecule has 0 N–H and O–H groups in total. The maximum absolute atomic E-state index is 5.44. The predicted molar refractivity (Wildman–Crippen MR) is 76.0 cm³/mol. The molecule has 0 atom stereocenters. The lowest BCUT2D eigenvalue weighted by atomic mass is 10.2. The minimum Gasteiger partial charge on any atom is -0.494 e. The number of hydrogen-bond donors (Lipinski definition) is 0. The molecule has 2 aromatic rings. The molecule has 0 aliphatic rings. The van der Waals surface area contributed by atoms with Crippen molar-refractivity contribution < 1.29 is 4.74 Å². The highest BCUT2D eigenvalue weighted by molar-refractivity contribution is 5.27. The van der Waals surface area contributed by atoms with E-state index in [9.17, 15) is 0 Å². The van der Waals surface area contributed by atoms with Crippen LogP contribution in [0.4, 0.5) is 0 Å². The number of ether oxygens (including phenoxy) is 1. The standard InChI is InChI=1S/C15H21N3O/c1-4-19-14-7-5-13(6-8-14)11-17(2)12-15-16-9-10-18(15)3/h5-10H,4,11-12H2,1-3H3. The van der Waals surface area contributed by atoms with E-state index in [-0.39, 0.29) is 0 Å². The van der Waals surface area contributed by atoms with Crippen molar-refractivity contribution in [3.8, 4) is 5.75 Å². The zero-order chi connectivity index (χ0) is 13.7. The van der Waals surface area contributed by atoms with Crippen LogP contribution < -0.4 is 4.74 Å². The van der Waals surface area contributed by atoms with E-state index < -0.39 is 0 Å². The summed E-state index contributed by atoms with van der Waals surface area (Å²) in [5.41, 5.74) is 1.28. The molecule has 2 rings (SSSR count). The Morgan fingerprint density at radius 2 is 1.95 bits per heavy atom. The Morgan fingerprint density at radius 3 is 2.53 bits per heavy atom. The summed E-state index contributed by atoms with van der Waals surface area (Å²) < 4.78 is 7.49. The van der Waals surface area contributed by atoms with Gasteiger partial charge in [-0.3, -0.25) is 4.90 Å². The summed E-state index contributed by atoms with van der Waals surface area (Å²) in [6, 6.07) is 8.26. The van der Waals surface area contributed by atoms with Crippen molar-refractivity contribution in [2.24, 2.45) is 7.05 Å². The van der Waals surface area contributed by atoms with Crippen LogP contribution in [0.5, 0.6) is 5.75 Å². The van der Waals surface area contributed by atoms with Gasteiger partial charge in [-0.2, -0.15) is 0 Å². The molecule has 0 amide bonds. The fourth-order valence-corrected chi connectivity index (χ4v) is 2.02. The third-order valence-corrected chi connectivity index (χ3v) is 3.02. The second-order valence-electron chi connectivity index (χ2n) is 4.70. The number of hydrogen-bond acceptors (Lipinski definition) is 3. The zero-order valence-electron chi connectivity index (χ0n) is 11.8. The van der Waals surface area contributed by atoms with E-state index in [1.807, 2.05) is 38.5 Å². The second kappa shape index (κ2) is 6.38. The molecule has 19 heavy (non-hydrogen) atoms. The van der Waals surface area contributed by atoms with Gasteiger partial charge in [-0.1, -0.05) is 12.1 Å². The first-order valence-corrected chi connectivity index (χ1v) is 6.55. The van der Waals surface area contributed by atoms with Crippen LogP contribution in [0.1, 0.15) is 18.3 Å². The molecule has 102 valence electrons. The highest BCUT2D eigenvalue weighted by Gasteiger charge is 2.05. The Bertz CT molecular complexity index is 504. The summed E-state index contributed by atoms with van der Waals surface area (Å²) in [5.74, 6) is 2.01. The monoisotopic (exact) mass is 259 g/mol. The molecule has 0 aliphatic carbocycles. The normalized spacial score (nSPS) is 10.9. The van der Waals surface area contributed by atoms with Crippen LogP contribution >= 0.6 is 0 Å². The number of benzene rings is 1. The van der Waals surface area contributed by atoms with Crippen LogP contribution in [0.3, 0.4) is 0 Å². The number of nitrogens with zero attached hydrogens (tertiary/aromatic N) is 3. The molecule has 1 aromatic carbocycles. The van der Waals surface area contributed by atoms with E-state index in [0.717, 1.165) is 24.7 Å². The molecular formula is C15H21N3O. The first kappa shape index (κ1) is 13.6. The quantitative estimate of drug-likeness (QED) is 0.798. The third kappa shape index (κ3) is 3.83. The van der Waals surface area contributed by atoms with Gasteiger partial charge in [-0.05, 0) is 31.7 Å². The fourth-order valence-electron chi connectivity index (χ4n) is 2.02. The summed E-state index contributed by atoms with van der Waals surface area (Å²) >= 11 is 0. The maximum atomic E-state index is 5.44. The summed E-state index contributed by atoms with van der Waals surface area (Å²) in [6.07, 6.45) is 3.81. The van der Waals surface area contributed by atoms with Crippen LogP contribution in [-0.2, 0) is 20.1 Å². The first-order chi connectivity index (χ1) is 9.19. The van der Waals surface area contributed by atoms with Gasteiger partial charge in [0.05, 0.1) is 13.2 Å². The van der Waals surface area contributed by atoms with Crippen LogP contribution in [0.25, 0.3) is 0 Å². The summed E-state index contributed by atoms with van der Waals surface area (Å²) in [5, 5.41) is 0. The molecule has 0 fully saturated rings. The fraction of sp³-hybridized carbons (Fsp3) is 0.400. The van der Waals surface area contributed by atoms with Gasteiger partial charge < -0.3 is 9.30 Å². The number of aromatic nitrogens is 2. The molecule has 0 saturated carbocycles. The molecule has 0 unspecified atom stereocenters. The summed E-state index contributed by atoms with van der Waals surface area (Å²) in [7, 11) is 4.12. The van der Waals surface area contributed by atoms with Crippen LogP contribution in [0.15, 0.2) is 36.7 Å². The van der Waals surface area contributed by atoms with Gasteiger partial charge >= 0.3 is 0 Å². The third-order valence-electron chi connectivity index (χ3n) is 3.02. The van der Waals surface area contributed by atoms with E-state index in [4.69, 9.17) is 4.74 Å². The Morgan fingerprint density at radius 1 is 1.21 bits per heavy atom. The molecule has 4 nitrogen and oxygen atoms in total. The number of rotatable bonds is 6. The van der Waals surface area contributed by atoms with E-state index >= 15 is 0 Å². The van der Waals surface area contributed by atoms with Crippen molar-refractivity contribution in [2.45, 2.75) is 20.0 Å². The minimum absolute atomic E-state index is 0.707. The molecule has 0 radical (unpaired) electrons. The van der Waals surface area contributed by atoms with Crippen molar-refractivity contribution >= 4 is 0 Å². The number of aryl methyl sites for hydroxylation is 1. The molecule has 4 heteroatoms. The summed E-state index contributed by atoms with van der Waals surface area (Å²) in [6.45, 7) is 4.45. The molecule has 1 aromatic heterocycles. The Balaban J connectivity index is 1.91. The minimum atomic E-state index is 0.707. The lowest BCUT2D eigenvalue weighted by Crippen LogP contribution is -2.19. The van der Waals surface area contributed by atoms with Crippen LogP contribution in [-0.4, -0.2) is 28.1 Å². The Hall–Kier alpha value is -1.81. The topological polar surface area (TPSA) is 30.3 Å². The molecule has 0 saturated heterocycles. The zero-order valence-corrected chi connectivity index (χ0v) is 11.8. The molecule has 0 aliphatic heterocycles. The predicted octanol–water partition coefficient (Wildman–Crippen LogP) is 2.45. The summed E-state index contributed by atoms with van der Waals surface area (Å²) in [4.78, 5) is 6.59. The Labute approximate surface area is 114 Å². The van der Waals surface area contributed by atoms with E-state index in [0.29, 0.717) is 6.61 Å². The van der Waals surface area contributed by atoms with Crippen molar-refractivity contribution in [1.29, 1.82) is 0 Å². The van der Waals surface area contributed by atoms with Gasteiger partial charge in [0.15, 0.2) is 0 Å². The maximum Gasteiger partial charge on any atom is 0.122 e. The van der Waals surface area contributed by atoms with Gasteiger partial charge in [0.1, 0.15) is 11.6 Å².